The Balaban J connectivity index is 1.53. The Morgan fingerprint density at radius 2 is 1.89 bits per heavy atom. The first kappa shape index (κ1) is 17.8. The molecule has 1 fully saturated rings. The highest BCUT2D eigenvalue weighted by Gasteiger charge is 2.25. The predicted molar refractivity (Wildman–Crippen MR) is 101 cm³/mol. The number of amides is 1. The zero-order valence-corrected chi connectivity index (χ0v) is 15.4. The number of benzene rings is 2. The number of morpholine rings is 1. The molecule has 4 rings (SSSR count). The second-order valence-corrected chi connectivity index (χ2v) is 6.80. The third-order valence-electron chi connectivity index (χ3n) is 5.11. The van der Waals surface area contributed by atoms with Crippen LogP contribution in [-0.2, 0) is 4.74 Å². The molecule has 2 heterocycles. The van der Waals surface area contributed by atoms with Gasteiger partial charge in [0, 0.05) is 25.2 Å². The Kier molecular flexibility index (Phi) is 5.27. The molecule has 0 aliphatic carbocycles. The molecule has 27 heavy (non-hydrogen) atoms. The van der Waals surface area contributed by atoms with E-state index in [1.807, 2.05) is 49.4 Å². The zero-order chi connectivity index (χ0) is 18.6. The highest BCUT2D eigenvalue weighted by atomic mass is 16.7. The van der Waals surface area contributed by atoms with Gasteiger partial charge in [0.1, 0.15) is 0 Å². The van der Waals surface area contributed by atoms with E-state index in [0.717, 1.165) is 35.7 Å². The van der Waals surface area contributed by atoms with Gasteiger partial charge in [0.05, 0.1) is 19.3 Å². The Labute approximate surface area is 159 Å². The summed E-state index contributed by atoms with van der Waals surface area (Å²) in [6, 6.07) is 13.7. The summed E-state index contributed by atoms with van der Waals surface area (Å²) in [6.45, 7) is 5.79. The van der Waals surface area contributed by atoms with Gasteiger partial charge < -0.3 is 19.5 Å². The van der Waals surface area contributed by atoms with E-state index >= 15 is 0 Å². The minimum Gasteiger partial charge on any atom is -0.454 e. The number of carbonyl (C=O) groups is 1. The van der Waals surface area contributed by atoms with Gasteiger partial charge in [-0.2, -0.15) is 0 Å². The maximum Gasteiger partial charge on any atom is 0.251 e. The van der Waals surface area contributed by atoms with Crippen LogP contribution in [0.5, 0.6) is 11.5 Å². The molecule has 0 radical (unpaired) electrons. The topological polar surface area (TPSA) is 60.0 Å². The first-order valence-corrected chi connectivity index (χ1v) is 9.27. The maximum absolute atomic E-state index is 12.7. The standard InChI is InChI=1S/C21H24N2O4/c1-15-4-2-3-5-17(15)21(24)22-13-18(23-8-10-25-11-9-23)16-6-7-19-20(12-16)27-14-26-19/h2-7,12,18H,8-11,13-14H2,1H3,(H,22,24). The van der Waals surface area contributed by atoms with Crippen LogP contribution in [-0.4, -0.2) is 50.4 Å². The summed E-state index contributed by atoms with van der Waals surface area (Å²) in [4.78, 5) is 15.0. The Morgan fingerprint density at radius 3 is 2.70 bits per heavy atom. The van der Waals surface area contributed by atoms with Gasteiger partial charge in [-0.05, 0) is 36.2 Å². The number of carbonyl (C=O) groups excluding carboxylic acids is 1. The largest absolute Gasteiger partial charge is 0.454 e. The molecular formula is C21H24N2O4. The van der Waals surface area contributed by atoms with Crippen molar-refractivity contribution in [3.05, 3.63) is 59.2 Å². The number of fused-ring (bicyclic) bond motifs is 1. The van der Waals surface area contributed by atoms with E-state index in [9.17, 15) is 4.79 Å². The highest BCUT2D eigenvalue weighted by molar-refractivity contribution is 5.95. The summed E-state index contributed by atoms with van der Waals surface area (Å²) in [6.07, 6.45) is 0. The molecule has 2 aromatic carbocycles. The molecule has 0 aromatic heterocycles. The number of ether oxygens (including phenoxy) is 3. The molecule has 1 atom stereocenters. The Hall–Kier alpha value is -2.57. The second kappa shape index (κ2) is 7.98. The van der Waals surface area contributed by atoms with Crippen molar-refractivity contribution in [1.82, 2.24) is 10.2 Å². The van der Waals surface area contributed by atoms with Crippen molar-refractivity contribution >= 4 is 5.91 Å². The van der Waals surface area contributed by atoms with Crippen LogP contribution in [0, 0.1) is 6.92 Å². The number of hydrogen-bond acceptors (Lipinski definition) is 5. The molecule has 2 aliphatic rings. The van der Waals surface area contributed by atoms with Gasteiger partial charge >= 0.3 is 0 Å². The van der Waals surface area contributed by atoms with E-state index < -0.39 is 0 Å². The molecule has 0 saturated carbocycles. The average molecular weight is 368 g/mol. The predicted octanol–water partition coefficient (Wildman–Crippen LogP) is 2.53. The molecule has 6 nitrogen and oxygen atoms in total. The summed E-state index contributed by atoms with van der Waals surface area (Å²) in [5.74, 6) is 1.48. The van der Waals surface area contributed by atoms with Gasteiger partial charge in [0.25, 0.3) is 5.91 Å². The van der Waals surface area contributed by atoms with Gasteiger partial charge in [-0.15, -0.1) is 0 Å². The fourth-order valence-electron chi connectivity index (χ4n) is 3.58. The first-order chi connectivity index (χ1) is 13.2. The number of aryl methyl sites for hydroxylation is 1. The smallest absolute Gasteiger partial charge is 0.251 e. The SMILES string of the molecule is Cc1ccccc1C(=O)NCC(c1ccc2c(c1)OCO2)N1CCOCC1. The van der Waals surface area contributed by atoms with Crippen LogP contribution in [0.4, 0.5) is 0 Å². The molecule has 2 aliphatic heterocycles. The van der Waals surface area contributed by atoms with Crippen LogP contribution in [0.15, 0.2) is 42.5 Å². The van der Waals surface area contributed by atoms with Crippen LogP contribution >= 0.6 is 0 Å². The summed E-state index contributed by atoms with van der Waals surface area (Å²) in [5.41, 5.74) is 2.79. The lowest BCUT2D eigenvalue weighted by Crippen LogP contribution is -2.43. The number of hydrogen-bond donors (Lipinski definition) is 1. The summed E-state index contributed by atoms with van der Waals surface area (Å²) in [5, 5.41) is 3.11. The van der Waals surface area contributed by atoms with Crippen molar-refractivity contribution < 1.29 is 19.0 Å². The van der Waals surface area contributed by atoms with Crippen molar-refractivity contribution in [3.63, 3.8) is 0 Å². The van der Waals surface area contributed by atoms with Gasteiger partial charge in [0.15, 0.2) is 11.5 Å². The van der Waals surface area contributed by atoms with Gasteiger partial charge in [-0.25, -0.2) is 0 Å². The third kappa shape index (κ3) is 3.91. The molecule has 6 heteroatoms. The summed E-state index contributed by atoms with van der Waals surface area (Å²) >= 11 is 0. The summed E-state index contributed by atoms with van der Waals surface area (Å²) < 4.78 is 16.5. The van der Waals surface area contributed by atoms with Gasteiger partial charge in [-0.3, -0.25) is 9.69 Å². The fourth-order valence-corrected chi connectivity index (χ4v) is 3.58. The number of nitrogens with zero attached hydrogens (tertiary/aromatic N) is 1. The van der Waals surface area contributed by atoms with Crippen LogP contribution in [0.3, 0.4) is 0 Å². The van der Waals surface area contributed by atoms with E-state index in [1.165, 1.54) is 0 Å². The summed E-state index contributed by atoms with van der Waals surface area (Å²) in [7, 11) is 0. The van der Waals surface area contributed by atoms with Gasteiger partial charge in [0.2, 0.25) is 6.79 Å². The molecule has 1 N–H and O–H groups in total. The van der Waals surface area contributed by atoms with Gasteiger partial charge in [-0.1, -0.05) is 24.3 Å². The quantitative estimate of drug-likeness (QED) is 0.879. The molecule has 142 valence electrons. The maximum atomic E-state index is 12.7. The minimum atomic E-state index is -0.0490. The lowest BCUT2D eigenvalue weighted by molar-refractivity contribution is 0.0162. The molecule has 0 spiro atoms. The average Bonchev–Trinajstić information content (AvgIpc) is 3.17. The molecule has 1 unspecified atom stereocenters. The monoisotopic (exact) mass is 368 g/mol. The lowest BCUT2D eigenvalue weighted by atomic mass is 10.0. The van der Waals surface area contributed by atoms with E-state index in [-0.39, 0.29) is 18.7 Å². The fraction of sp³-hybridized carbons (Fsp3) is 0.381. The van der Waals surface area contributed by atoms with Crippen molar-refractivity contribution in [2.24, 2.45) is 0 Å². The molecular weight excluding hydrogens is 344 g/mol. The van der Waals surface area contributed by atoms with Crippen molar-refractivity contribution in [1.29, 1.82) is 0 Å². The molecule has 1 amide bonds. The van der Waals surface area contributed by atoms with Crippen LogP contribution < -0.4 is 14.8 Å². The van der Waals surface area contributed by atoms with Crippen molar-refractivity contribution in [2.45, 2.75) is 13.0 Å². The van der Waals surface area contributed by atoms with E-state index in [1.54, 1.807) is 0 Å². The first-order valence-electron chi connectivity index (χ1n) is 9.27. The third-order valence-corrected chi connectivity index (χ3v) is 5.11. The van der Waals surface area contributed by atoms with Crippen LogP contribution in [0.25, 0.3) is 0 Å². The minimum absolute atomic E-state index is 0.0490. The lowest BCUT2D eigenvalue weighted by Gasteiger charge is -2.35. The Morgan fingerprint density at radius 1 is 1.11 bits per heavy atom. The van der Waals surface area contributed by atoms with Crippen molar-refractivity contribution in [3.8, 4) is 11.5 Å². The number of rotatable bonds is 5. The molecule has 0 bridgehead atoms. The second-order valence-electron chi connectivity index (χ2n) is 6.80. The van der Waals surface area contributed by atoms with E-state index in [0.29, 0.717) is 25.3 Å². The zero-order valence-electron chi connectivity index (χ0n) is 15.4. The van der Waals surface area contributed by atoms with E-state index in [4.69, 9.17) is 14.2 Å². The van der Waals surface area contributed by atoms with Crippen LogP contribution in [0.2, 0.25) is 0 Å². The normalized spacial score (nSPS) is 17.5. The van der Waals surface area contributed by atoms with Crippen LogP contribution in [0.1, 0.15) is 27.5 Å². The highest BCUT2D eigenvalue weighted by Crippen LogP contribution is 2.35. The Bertz CT molecular complexity index is 818. The van der Waals surface area contributed by atoms with E-state index in [2.05, 4.69) is 10.2 Å². The van der Waals surface area contributed by atoms with Crippen molar-refractivity contribution in [2.75, 3.05) is 39.6 Å². The number of nitrogens with one attached hydrogen (secondary N) is 1. The molecule has 2 aromatic rings. The molecule has 1 saturated heterocycles.